The third-order valence-electron chi connectivity index (χ3n) is 8.32. The first-order chi connectivity index (χ1) is 15.5. The highest BCUT2D eigenvalue weighted by Crippen LogP contribution is 2.36. The minimum Gasteiger partial charge on any atom is -0.356 e. The highest BCUT2D eigenvalue weighted by atomic mass is 16.2. The van der Waals surface area contributed by atoms with Crippen LogP contribution in [0.3, 0.4) is 0 Å². The van der Waals surface area contributed by atoms with Gasteiger partial charge in [-0.1, -0.05) is 0 Å². The van der Waals surface area contributed by atoms with Crippen LogP contribution in [-0.2, 0) is 11.2 Å². The second-order valence-corrected chi connectivity index (χ2v) is 11.0. The van der Waals surface area contributed by atoms with Crippen LogP contribution in [0.2, 0.25) is 0 Å². The molecule has 1 aromatic heterocycles. The summed E-state index contributed by atoms with van der Waals surface area (Å²) in [5.74, 6) is 4.13. The third-order valence-corrected chi connectivity index (χ3v) is 8.32. The first-order valence-electron chi connectivity index (χ1n) is 13.1. The number of carbonyl (C=O) groups excluding carboxylic acids is 1. The summed E-state index contributed by atoms with van der Waals surface area (Å²) in [5.41, 5.74) is 2.56. The van der Waals surface area contributed by atoms with E-state index in [2.05, 4.69) is 35.5 Å². The predicted octanol–water partition coefficient (Wildman–Crippen LogP) is 3.77. The number of anilines is 1. The number of aryl methyl sites for hydroxylation is 1. The number of carbonyl (C=O) groups is 1. The van der Waals surface area contributed by atoms with Crippen molar-refractivity contribution in [3.8, 4) is 0 Å². The molecule has 2 saturated heterocycles. The van der Waals surface area contributed by atoms with Gasteiger partial charge in [-0.15, -0.1) is 0 Å². The molecule has 1 aliphatic carbocycles. The van der Waals surface area contributed by atoms with E-state index in [1.807, 2.05) is 0 Å². The average molecular weight is 440 g/mol. The van der Waals surface area contributed by atoms with Crippen molar-refractivity contribution in [1.82, 2.24) is 19.8 Å². The summed E-state index contributed by atoms with van der Waals surface area (Å²) in [5, 5.41) is 0. The molecule has 4 aliphatic rings. The number of hydrogen-bond donors (Lipinski definition) is 0. The third kappa shape index (κ3) is 4.66. The van der Waals surface area contributed by atoms with E-state index in [0.717, 1.165) is 76.6 Å². The molecule has 3 aliphatic heterocycles. The summed E-state index contributed by atoms with van der Waals surface area (Å²) in [6, 6.07) is 0.585. The number of nitrogens with zero attached hydrogens (tertiary/aromatic N) is 5. The lowest BCUT2D eigenvalue weighted by atomic mass is 9.91. The number of rotatable bonds is 5. The zero-order valence-electron chi connectivity index (χ0n) is 20.4. The number of likely N-dealkylation sites (tertiary alicyclic amines) is 2. The van der Waals surface area contributed by atoms with Gasteiger partial charge in [-0.05, 0) is 91.1 Å². The molecule has 0 spiro atoms. The molecule has 0 radical (unpaired) electrons. The lowest BCUT2D eigenvalue weighted by Gasteiger charge is -2.38. The Balaban J connectivity index is 1.21. The largest absolute Gasteiger partial charge is 0.356 e. The number of piperidine rings is 2. The molecule has 176 valence electrons. The van der Waals surface area contributed by atoms with Crippen LogP contribution in [-0.4, -0.2) is 71.0 Å². The van der Waals surface area contributed by atoms with Crippen molar-refractivity contribution in [3.05, 3.63) is 17.1 Å². The minimum atomic E-state index is 0.222. The van der Waals surface area contributed by atoms with Crippen molar-refractivity contribution >= 4 is 11.7 Å². The van der Waals surface area contributed by atoms with Gasteiger partial charge in [0.15, 0.2) is 0 Å². The Morgan fingerprint density at radius 3 is 2.34 bits per heavy atom. The van der Waals surface area contributed by atoms with Crippen LogP contribution in [0.15, 0.2) is 0 Å². The van der Waals surface area contributed by atoms with E-state index < -0.39 is 0 Å². The van der Waals surface area contributed by atoms with Crippen molar-refractivity contribution < 1.29 is 4.79 Å². The van der Waals surface area contributed by atoms with Gasteiger partial charge in [0.25, 0.3) is 0 Å². The number of aromatic nitrogens is 2. The normalized spacial score (nSPS) is 23.6. The fourth-order valence-electron chi connectivity index (χ4n) is 5.96. The Morgan fingerprint density at radius 1 is 0.969 bits per heavy atom. The van der Waals surface area contributed by atoms with Crippen LogP contribution in [0, 0.1) is 18.8 Å². The summed E-state index contributed by atoms with van der Waals surface area (Å²) in [7, 11) is 0. The highest BCUT2D eigenvalue weighted by molar-refractivity contribution is 5.79. The minimum absolute atomic E-state index is 0.222. The fourth-order valence-corrected chi connectivity index (χ4v) is 5.96. The summed E-state index contributed by atoms with van der Waals surface area (Å²) in [6.07, 6.45) is 9.12. The van der Waals surface area contributed by atoms with Crippen LogP contribution >= 0.6 is 0 Å². The van der Waals surface area contributed by atoms with Gasteiger partial charge >= 0.3 is 0 Å². The molecular formula is C26H41N5O. The maximum Gasteiger partial charge on any atom is 0.225 e. The van der Waals surface area contributed by atoms with Gasteiger partial charge in [0.1, 0.15) is 11.6 Å². The van der Waals surface area contributed by atoms with E-state index in [1.54, 1.807) is 0 Å². The molecule has 1 aromatic rings. The summed E-state index contributed by atoms with van der Waals surface area (Å²) in [6.45, 7) is 12.8. The van der Waals surface area contributed by atoms with Gasteiger partial charge in [0.2, 0.25) is 5.91 Å². The van der Waals surface area contributed by atoms with Crippen molar-refractivity contribution in [1.29, 1.82) is 0 Å². The second-order valence-electron chi connectivity index (χ2n) is 11.0. The molecule has 0 unspecified atom stereocenters. The van der Waals surface area contributed by atoms with Crippen LogP contribution < -0.4 is 4.90 Å². The number of hydrogen-bond acceptors (Lipinski definition) is 5. The Hall–Kier alpha value is -1.69. The van der Waals surface area contributed by atoms with E-state index in [4.69, 9.17) is 9.97 Å². The van der Waals surface area contributed by atoms with Gasteiger partial charge in [-0.3, -0.25) is 4.79 Å². The van der Waals surface area contributed by atoms with E-state index in [-0.39, 0.29) is 5.92 Å². The molecule has 0 bridgehead atoms. The first-order valence-corrected chi connectivity index (χ1v) is 13.1. The van der Waals surface area contributed by atoms with Crippen molar-refractivity contribution in [3.63, 3.8) is 0 Å². The molecular weight excluding hydrogens is 398 g/mol. The molecule has 32 heavy (non-hydrogen) atoms. The summed E-state index contributed by atoms with van der Waals surface area (Å²) < 4.78 is 0. The molecule has 0 atom stereocenters. The molecule has 6 heteroatoms. The van der Waals surface area contributed by atoms with E-state index >= 15 is 0 Å². The summed E-state index contributed by atoms with van der Waals surface area (Å²) in [4.78, 5) is 30.4. The highest BCUT2D eigenvalue weighted by Gasteiger charge is 2.34. The van der Waals surface area contributed by atoms with Crippen LogP contribution in [0.25, 0.3) is 0 Å². The van der Waals surface area contributed by atoms with E-state index in [0.29, 0.717) is 17.9 Å². The average Bonchev–Trinajstić information content (AvgIpc) is 3.63. The topological polar surface area (TPSA) is 52.6 Å². The Morgan fingerprint density at radius 2 is 1.69 bits per heavy atom. The van der Waals surface area contributed by atoms with Crippen LogP contribution in [0.4, 0.5) is 5.82 Å². The molecule has 6 nitrogen and oxygen atoms in total. The lowest BCUT2D eigenvalue weighted by molar-refractivity contribution is -0.138. The molecule has 5 rings (SSSR count). The van der Waals surface area contributed by atoms with Crippen LogP contribution in [0.5, 0.6) is 0 Å². The molecule has 1 amide bonds. The van der Waals surface area contributed by atoms with Gasteiger partial charge in [-0.2, -0.15) is 0 Å². The molecule has 0 N–H and O–H groups in total. The van der Waals surface area contributed by atoms with Crippen LogP contribution in [0.1, 0.15) is 81.8 Å². The van der Waals surface area contributed by atoms with Gasteiger partial charge < -0.3 is 14.7 Å². The van der Waals surface area contributed by atoms with Gasteiger partial charge in [0.05, 0.1) is 0 Å². The van der Waals surface area contributed by atoms with Crippen molar-refractivity contribution in [2.45, 2.75) is 84.1 Å². The Labute approximate surface area is 193 Å². The molecule has 4 heterocycles. The van der Waals surface area contributed by atoms with Crippen molar-refractivity contribution in [2.24, 2.45) is 11.8 Å². The van der Waals surface area contributed by atoms with E-state index in [1.165, 1.54) is 42.9 Å². The van der Waals surface area contributed by atoms with Gasteiger partial charge in [0, 0.05) is 55.3 Å². The monoisotopic (exact) mass is 439 g/mol. The smallest absolute Gasteiger partial charge is 0.225 e. The maximum atomic E-state index is 13.1. The predicted molar refractivity (Wildman–Crippen MR) is 128 cm³/mol. The van der Waals surface area contributed by atoms with E-state index in [9.17, 15) is 4.79 Å². The quantitative estimate of drug-likeness (QED) is 0.699. The Bertz CT molecular complexity index is 820. The fraction of sp³-hybridized carbons (Fsp3) is 0.808. The number of amides is 1. The zero-order valence-corrected chi connectivity index (χ0v) is 20.4. The first kappa shape index (κ1) is 22.1. The maximum absolute atomic E-state index is 13.1. The molecule has 3 fully saturated rings. The SMILES string of the molecule is Cc1nc(C2CCN(C(=O)C3CCN(C(C)C)CC3)CC2)nc2c1CCCN2CC1CC1. The lowest BCUT2D eigenvalue weighted by Crippen LogP contribution is -2.46. The molecule has 0 aromatic carbocycles. The molecule has 1 saturated carbocycles. The second kappa shape index (κ2) is 9.28. The zero-order chi connectivity index (χ0) is 22.2. The standard InChI is InChI=1S/C26H41N5O/c1-18(2)29-13-10-22(11-14-29)26(32)30-15-8-21(9-16-30)24-27-19(3)23-5-4-12-31(25(23)28-24)17-20-6-7-20/h18,20-22H,4-17H2,1-3H3. The van der Waals surface area contributed by atoms with Gasteiger partial charge in [-0.25, -0.2) is 9.97 Å². The van der Waals surface area contributed by atoms with Crippen molar-refractivity contribution in [2.75, 3.05) is 44.2 Å². The summed E-state index contributed by atoms with van der Waals surface area (Å²) >= 11 is 0. The number of fused-ring (bicyclic) bond motifs is 1. The Kier molecular flexibility index (Phi) is 6.42.